The van der Waals surface area contributed by atoms with Crippen LogP contribution in [0.2, 0.25) is 0 Å². The maximum atomic E-state index is 10.4. The number of aliphatic hydroxyl groups is 1. The van der Waals surface area contributed by atoms with Gasteiger partial charge in [-0.2, -0.15) is 0 Å². The van der Waals surface area contributed by atoms with Crippen molar-refractivity contribution in [1.82, 2.24) is 0 Å². The van der Waals surface area contributed by atoms with Crippen LogP contribution in [0.1, 0.15) is 75.6 Å². The minimum absolute atomic E-state index is 0.485. The van der Waals surface area contributed by atoms with Gasteiger partial charge in [0.15, 0.2) is 5.85 Å². The molecular formula is C19H31O3P. The summed E-state index contributed by atoms with van der Waals surface area (Å²) < 4.78 is 10.4. The van der Waals surface area contributed by atoms with E-state index in [1.165, 1.54) is 38.5 Å². The summed E-state index contributed by atoms with van der Waals surface area (Å²) in [7, 11) is -2.86. The summed E-state index contributed by atoms with van der Waals surface area (Å²) in [6.07, 6.45) is 15.4. The first-order valence-electron chi connectivity index (χ1n) is 9.14. The summed E-state index contributed by atoms with van der Waals surface area (Å²) in [4.78, 5) is 8.57. The van der Waals surface area contributed by atoms with Gasteiger partial charge in [-0.25, -0.2) is 0 Å². The second kappa shape index (κ2) is 10.3. The molecule has 3 nitrogen and oxygen atoms in total. The highest BCUT2D eigenvalue weighted by molar-refractivity contribution is 7.38. The van der Waals surface area contributed by atoms with E-state index >= 15 is 0 Å². The monoisotopic (exact) mass is 338 g/mol. The minimum Gasteiger partial charge on any atom is -0.378 e. The summed E-state index contributed by atoms with van der Waals surface area (Å²) >= 11 is 0. The molecular weight excluding hydrogens is 307 g/mol. The van der Waals surface area contributed by atoms with Crippen LogP contribution in [0.5, 0.6) is 0 Å². The highest BCUT2D eigenvalue weighted by atomic mass is 31.1. The van der Waals surface area contributed by atoms with Gasteiger partial charge in [-0.3, -0.25) is 4.57 Å². The fourth-order valence-corrected chi connectivity index (χ4v) is 4.47. The number of rotatable bonds is 3. The fraction of sp³-hybridized carbons (Fsp3) is 0.684. The molecule has 2 atom stereocenters. The Labute approximate surface area is 141 Å². The van der Waals surface area contributed by atoms with Crippen molar-refractivity contribution < 1.29 is 14.6 Å². The molecule has 3 rings (SSSR count). The van der Waals surface area contributed by atoms with Crippen LogP contribution < -0.4 is 0 Å². The molecule has 2 unspecified atom stereocenters. The molecule has 4 heteroatoms. The highest BCUT2D eigenvalue weighted by Crippen LogP contribution is 2.38. The van der Waals surface area contributed by atoms with Gasteiger partial charge in [0, 0.05) is 0 Å². The van der Waals surface area contributed by atoms with Crippen molar-refractivity contribution in [3.63, 3.8) is 0 Å². The van der Waals surface area contributed by atoms with Crippen molar-refractivity contribution in [1.29, 1.82) is 0 Å². The molecule has 0 aromatic heterocycles. The molecule has 1 aromatic carbocycles. The van der Waals surface area contributed by atoms with Gasteiger partial charge in [0.1, 0.15) is 0 Å². The molecule has 0 amide bonds. The summed E-state index contributed by atoms with van der Waals surface area (Å²) in [5.74, 6) is 1.05. The van der Waals surface area contributed by atoms with E-state index < -0.39 is 13.9 Å². The third kappa shape index (κ3) is 6.41. The van der Waals surface area contributed by atoms with Crippen LogP contribution in [-0.2, 0) is 4.57 Å². The van der Waals surface area contributed by atoms with Crippen LogP contribution in [0.3, 0.4) is 0 Å². The zero-order valence-corrected chi connectivity index (χ0v) is 15.0. The van der Waals surface area contributed by atoms with E-state index in [0.717, 1.165) is 11.8 Å². The lowest BCUT2D eigenvalue weighted by atomic mass is 9.73. The molecule has 2 aliphatic carbocycles. The first-order valence-corrected chi connectivity index (χ1v) is 10.6. The van der Waals surface area contributed by atoms with Crippen LogP contribution in [0.25, 0.3) is 0 Å². The fourth-order valence-electron chi connectivity index (χ4n) is 3.99. The lowest BCUT2D eigenvalue weighted by molar-refractivity contribution is 0.196. The van der Waals surface area contributed by atoms with Gasteiger partial charge in [-0.1, -0.05) is 94.5 Å². The van der Waals surface area contributed by atoms with Crippen LogP contribution in [0, 0.1) is 11.8 Å². The molecule has 1 aromatic rings. The first kappa shape index (κ1) is 18.7. The highest BCUT2D eigenvalue weighted by Gasteiger charge is 2.24. The Balaban J connectivity index is 0.000000168. The predicted molar refractivity (Wildman–Crippen MR) is 95.8 cm³/mol. The second-order valence-corrected chi connectivity index (χ2v) is 8.17. The average molecular weight is 338 g/mol. The zero-order valence-electron chi connectivity index (χ0n) is 14.0. The van der Waals surface area contributed by atoms with Crippen LogP contribution in [0.15, 0.2) is 30.3 Å². The molecule has 0 spiro atoms. The lowest BCUT2D eigenvalue weighted by Gasteiger charge is -2.32. The maximum Gasteiger partial charge on any atom is 0.221 e. The summed E-state index contributed by atoms with van der Waals surface area (Å²) in [5.41, 5.74) is 0.485. The maximum absolute atomic E-state index is 10.4. The first-order chi connectivity index (χ1) is 11.2. The van der Waals surface area contributed by atoms with Gasteiger partial charge < -0.3 is 10.00 Å². The number of hydrogen-bond donors (Lipinski definition) is 2. The quantitative estimate of drug-likeness (QED) is 0.736. The van der Waals surface area contributed by atoms with E-state index in [-0.39, 0.29) is 0 Å². The van der Waals surface area contributed by atoms with Crippen molar-refractivity contribution >= 4 is 8.03 Å². The molecule has 0 saturated heterocycles. The van der Waals surface area contributed by atoms with Crippen molar-refractivity contribution in [2.45, 2.75) is 70.1 Å². The van der Waals surface area contributed by atoms with Gasteiger partial charge in [-0.15, -0.1) is 0 Å². The van der Waals surface area contributed by atoms with Gasteiger partial charge in [0.05, 0.1) is 0 Å². The van der Waals surface area contributed by atoms with Gasteiger partial charge in [0.25, 0.3) is 0 Å². The zero-order chi connectivity index (χ0) is 16.5. The summed E-state index contributed by atoms with van der Waals surface area (Å²) in [6, 6.07) is 8.43. The Kier molecular flexibility index (Phi) is 8.36. The molecule has 0 heterocycles. The Bertz CT molecular complexity index is 435. The van der Waals surface area contributed by atoms with Crippen LogP contribution in [-0.4, -0.2) is 10.00 Å². The van der Waals surface area contributed by atoms with E-state index in [1.54, 1.807) is 56.0 Å². The van der Waals surface area contributed by atoms with Crippen molar-refractivity contribution in [2.75, 3.05) is 0 Å². The van der Waals surface area contributed by atoms with Gasteiger partial charge in [0.2, 0.25) is 8.03 Å². The van der Waals surface area contributed by atoms with Gasteiger partial charge in [-0.05, 0) is 17.4 Å². The standard InChI is InChI=1S/C12H22.C7H9O3P/c1-3-7-11(8-4-1)12-9-5-2-6-10-12;8-7(11(9)10)6-4-2-1-3-5-6/h11-12H,1-10H2;1-5,7-8,11H,(H,9,10). The van der Waals surface area contributed by atoms with Gasteiger partial charge >= 0.3 is 0 Å². The summed E-state index contributed by atoms with van der Waals surface area (Å²) in [5, 5.41) is 9.08. The van der Waals surface area contributed by atoms with Crippen molar-refractivity contribution in [2.24, 2.45) is 11.8 Å². The third-order valence-electron chi connectivity index (χ3n) is 5.32. The molecule has 0 aliphatic heterocycles. The molecule has 2 fully saturated rings. The van der Waals surface area contributed by atoms with Crippen LogP contribution >= 0.6 is 8.03 Å². The van der Waals surface area contributed by atoms with E-state index in [9.17, 15) is 4.57 Å². The Morgan fingerprint density at radius 3 is 1.65 bits per heavy atom. The smallest absolute Gasteiger partial charge is 0.221 e. The molecule has 2 N–H and O–H groups in total. The van der Waals surface area contributed by atoms with E-state index in [4.69, 9.17) is 10.00 Å². The summed E-state index contributed by atoms with van der Waals surface area (Å²) in [6.45, 7) is 0. The molecule has 2 saturated carbocycles. The second-order valence-electron chi connectivity index (χ2n) is 6.95. The van der Waals surface area contributed by atoms with E-state index in [1.807, 2.05) is 0 Å². The van der Waals surface area contributed by atoms with Crippen LogP contribution in [0.4, 0.5) is 0 Å². The minimum atomic E-state index is -2.86. The van der Waals surface area contributed by atoms with E-state index in [2.05, 4.69) is 0 Å². The average Bonchev–Trinajstić information content (AvgIpc) is 2.64. The molecule has 130 valence electrons. The Morgan fingerprint density at radius 1 is 0.826 bits per heavy atom. The topological polar surface area (TPSA) is 57.5 Å². The predicted octanol–water partition coefficient (Wildman–Crippen LogP) is 5.29. The number of hydrogen-bond acceptors (Lipinski definition) is 2. The normalized spacial score (nSPS) is 22.7. The number of benzene rings is 1. The van der Waals surface area contributed by atoms with E-state index in [0.29, 0.717) is 5.56 Å². The Hall–Kier alpha value is -0.630. The lowest BCUT2D eigenvalue weighted by Crippen LogP contribution is -2.20. The Morgan fingerprint density at radius 2 is 1.26 bits per heavy atom. The third-order valence-corrected chi connectivity index (χ3v) is 6.12. The SMILES string of the molecule is C1CCC(C2CCCCC2)CC1.O=[PH](O)C(O)c1ccccc1. The molecule has 23 heavy (non-hydrogen) atoms. The van der Waals surface area contributed by atoms with Crippen molar-refractivity contribution in [3.05, 3.63) is 35.9 Å². The molecule has 2 aliphatic rings. The largest absolute Gasteiger partial charge is 0.378 e. The van der Waals surface area contributed by atoms with Crippen molar-refractivity contribution in [3.8, 4) is 0 Å². The molecule has 0 bridgehead atoms. The number of aliphatic hydroxyl groups excluding tert-OH is 1. The molecule has 0 radical (unpaired) electrons.